The Bertz CT molecular complexity index is 1080. The van der Waals surface area contributed by atoms with Crippen LogP contribution in [0, 0.1) is 13.8 Å². The summed E-state index contributed by atoms with van der Waals surface area (Å²) in [6, 6.07) is 5.37. The summed E-state index contributed by atoms with van der Waals surface area (Å²) >= 11 is 0. The predicted octanol–water partition coefficient (Wildman–Crippen LogP) is 1.43. The van der Waals surface area contributed by atoms with Crippen molar-refractivity contribution in [1.29, 1.82) is 0 Å². The van der Waals surface area contributed by atoms with Crippen LogP contribution < -0.4 is 16.2 Å². The van der Waals surface area contributed by atoms with E-state index in [4.69, 9.17) is 0 Å². The number of aromatic nitrogens is 4. The number of hydrogen-bond acceptors (Lipinski definition) is 5. The largest absolute Gasteiger partial charge is 0.338 e. The molecular weight excluding hydrogens is 360 g/mol. The molecule has 0 fully saturated rings. The van der Waals surface area contributed by atoms with Crippen LogP contribution in [-0.4, -0.2) is 37.8 Å². The van der Waals surface area contributed by atoms with Crippen molar-refractivity contribution in [3.8, 4) is 5.69 Å². The Morgan fingerprint density at radius 3 is 2.54 bits per heavy atom. The monoisotopic (exact) mass is 382 g/mol. The van der Waals surface area contributed by atoms with Crippen LogP contribution in [0.1, 0.15) is 24.5 Å². The summed E-state index contributed by atoms with van der Waals surface area (Å²) in [6.45, 7) is 6.02. The lowest BCUT2D eigenvalue weighted by molar-refractivity contribution is -0.120. The second kappa shape index (κ2) is 8.03. The number of nitrogens with one attached hydrogen (secondary N) is 2. The fourth-order valence-corrected chi connectivity index (χ4v) is 2.93. The van der Waals surface area contributed by atoms with Crippen LogP contribution in [0.3, 0.4) is 0 Å². The van der Waals surface area contributed by atoms with Gasteiger partial charge in [0, 0.05) is 6.54 Å². The van der Waals surface area contributed by atoms with E-state index in [1.807, 2.05) is 39.0 Å². The van der Waals surface area contributed by atoms with E-state index in [1.54, 1.807) is 4.68 Å². The first-order valence-corrected chi connectivity index (χ1v) is 8.98. The molecule has 9 nitrogen and oxygen atoms in total. The highest BCUT2D eigenvalue weighted by Gasteiger charge is 2.14. The zero-order chi connectivity index (χ0) is 20.3. The first-order valence-electron chi connectivity index (χ1n) is 8.98. The van der Waals surface area contributed by atoms with Gasteiger partial charge < -0.3 is 5.32 Å². The van der Waals surface area contributed by atoms with Crippen LogP contribution in [0.25, 0.3) is 16.7 Å². The minimum absolute atomic E-state index is 0.296. The Labute approximate surface area is 161 Å². The van der Waals surface area contributed by atoms with E-state index in [-0.39, 0.29) is 6.54 Å². The molecule has 2 aromatic heterocycles. The van der Waals surface area contributed by atoms with Crippen molar-refractivity contribution in [3.63, 3.8) is 0 Å². The van der Waals surface area contributed by atoms with E-state index in [2.05, 4.69) is 20.7 Å². The maximum Gasteiger partial charge on any atom is 0.321 e. The van der Waals surface area contributed by atoms with E-state index in [1.165, 1.54) is 12.5 Å². The molecule has 0 aliphatic carbocycles. The quantitative estimate of drug-likeness (QED) is 0.694. The van der Waals surface area contributed by atoms with Crippen molar-refractivity contribution in [2.24, 2.45) is 0 Å². The fraction of sp³-hybridized carbons (Fsp3) is 0.316. The average molecular weight is 382 g/mol. The molecule has 0 atom stereocenters. The molecule has 146 valence electrons. The Kier molecular flexibility index (Phi) is 5.53. The minimum atomic E-state index is -0.599. The number of imide groups is 1. The van der Waals surface area contributed by atoms with E-state index in [0.717, 1.165) is 27.8 Å². The first-order chi connectivity index (χ1) is 13.4. The zero-order valence-corrected chi connectivity index (χ0v) is 16.0. The summed E-state index contributed by atoms with van der Waals surface area (Å²) in [7, 11) is 0. The number of urea groups is 1. The number of rotatable bonds is 5. The highest BCUT2D eigenvalue weighted by molar-refractivity contribution is 5.94. The number of hydrogen-bond donors (Lipinski definition) is 2. The molecule has 0 aliphatic heterocycles. The SMILES string of the molecule is CCCNC(=O)NC(=O)Cn1cnc2c(cnn2-c2cc(C)cc(C)c2)c1=O. The number of fused-ring (bicyclic) bond motifs is 1. The second-order valence-corrected chi connectivity index (χ2v) is 6.62. The number of benzene rings is 1. The predicted molar refractivity (Wildman–Crippen MR) is 104 cm³/mol. The third-order valence-corrected chi connectivity index (χ3v) is 4.11. The van der Waals surface area contributed by atoms with E-state index < -0.39 is 17.5 Å². The van der Waals surface area contributed by atoms with Gasteiger partial charge in [0.2, 0.25) is 5.91 Å². The van der Waals surface area contributed by atoms with Gasteiger partial charge in [-0.15, -0.1) is 0 Å². The summed E-state index contributed by atoms with van der Waals surface area (Å²) in [6.07, 6.45) is 3.48. The third-order valence-electron chi connectivity index (χ3n) is 4.11. The van der Waals surface area contributed by atoms with Crippen molar-refractivity contribution in [1.82, 2.24) is 30.0 Å². The molecule has 3 rings (SSSR count). The normalized spacial score (nSPS) is 10.8. The summed E-state index contributed by atoms with van der Waals surface area (Å²) in [4.78, 5) is 40.5. The molecular formula is C19H22N6O3. The maximum absolute atomic E-state index is 12.7. The number of amides is 3. The molecule has 2 N–H and O–H groups in total. The number of carbonyl (C=O) groups excluding carboxylic acids is 2. The van der Waals surface area contributed by atoms with Crippen LogP contribution in [-0.2, 0) is 11.3 Å². The molecule has 3 aromatic rings. The van der Waals surface area contributed by atoms with Crippen molar-refractivity contribution < 1.29 is 9.59 Å². The number of nitrogens with zero attached hydrogens (tertiary/aromatic N) is 4. The molecule has 1 aromatic carbocycles. The molecule has 0 radical (unpaired) electrons. The number of carbonyl (C=O) groups is 2. The number of aryl methyl sites for hydroxylation is 2. The smallest absolute Gasteiger partial charge is 0.321 e. The van der Waals surface area contributed by atoms with Gasteiger partial charge in [-0.05, 0) is 43.5 Å². The summed E-state index contributed by atoms with van der Waals surface area (Å²) < 4.78 is 2.75. The molecule has 0 spiro atoms. The van der Waals surface area contributed by atoms with Crippen LogP contribution in [0.5, 0.6) is 0 Å². The van der Waals surface area contributed by atoms with Gasteiger partial charge in [0.1, 0.15) is 18.3 Å². The lowest BCUT2D eigenvalue weighted by Gasteiger charge is -2.08. The first kappa shape index (κ1) is 19.3. The maximum atomic E-state index is 12.7. The second-order valence-electron chi connectivity index (χ2n) is 6.62. The molecule has 9 heteroatoms. The fourth-order valence-electron chi connectivity index (χ4n) is 2.93. The highest BCUT2D eigenvalue weighted by Crippen LogP contribution is 2.16. The van der Waals surface area contributed by atoms with Crippen LogP contribution in [0.2, 0.25) is 0 Å². The van der Waals surface area contributed by atoms with E-state index in [0.29, 0.717) is 17.6 Å². The molecule has 0 saturated carbocycles. The topological polar surface area (TPSA) is 111 Å². The lowest BCUT2D eigenvalue weighted by Crippen LogP contribution is -2.42. The average Bonchev–Trinajstić information content (AvgIpc) is 3.06. The van der Waals surface area contributed by atoms with Crippen LogP contribution >= 0.6 is 0 Å². The van der Waals surface area contributed by atoms with Crippen molar-refractivity contribution in [2.45, 2.75) is 33.7 Å². The van der Waals surface area contributed by atoms with Gasteiger partial charge in [-0.25, -0.2) is 14.5 Å². The van der Waals surface area contributed by atoms with Crippen LogP contribution in [0.15, 0.2) is 35.5 Å². The lowest BCUT2D eigenvalue weighted by atomic mass is 10.1. The summed E-state index contributed by atoms with van der Waals surface area (Å²) in [5.74, 6) is -0.599. The molecule has 0 unspecified atom stereocenters. The minimum Gasteiger partial charge on any atom is -0.338 e. The van der Waals surface area contributed by atoms with E-state index >= 15 is 0 Å². The zero-order valence-electron chi connectivity index (χ0n) is 16.0. The van der Waals surface area contributed by atoms with Crippen molar-refractivity contribution in [2.75, 3.05) is 6.54 Å². The molecule has 0 aliphatic rings. The molecule has 2 heterocycles. The van der Waals surface area contributed by atoms with Crippen molar-refractivity contribution >= 4 is 23.0 Å². The Hall–Kier alpha value is -3.49. The molecule has 3 amide bonds. The standard InChI is InChI=1S/C19H22N6O3/c1-4-5-20-19(28)23-16(26)10-24-11-21-17-15(18(24)27)9-22-25(17)14-7-12(2)6-13(3)8-14/h6-9,11H,4-5,10H2,1-3H3,(H2,20,23,26,28). The van der Waals surface area contributed by atoms with Gasteiger partial charge in [-0.1, -0.05) is 13.0 Å². The van der Waals surface area contributed by atoms with Gasteiger partial charge in [-0.2, -0.15) is 5.10 Å². The summed E-state index contributed by atoms with van der Waals surface area (Å²) in [5, 5.41) is 9.30. The third kappa shape index (κ3) is 4.08. The Morgan fingerprint density at radius 1 is 1.14 bits per heavy atom. The van der Waals surface area contributed by atoms with Crippen molar-refractivity contribution in [3.05, 3.63) is 52.2 Å². The van der Waals surface area contributed by atoms with Gasteiger partial charge in [0.15, 0.2) is 5.65 Å². The van der Waals surface area contributed by atoms with Gasteiger partial charge in [-0.3, -0.25) is 19.5 Å². The van der Waals surface area contributed by atoms with Crippen LogP contribution in [0.4, 0.5) is 4.79 Å². The molecule has 0 saturated heterocycles. The van der Waals surface area contributed by atoms with E-state index in [9.17, 15) is 14.4 Å². The Morgan fingerprint density at radius 2 is 1.86 bits per heavy atom. The summed E-state index contributed by atoms with van der Waals surface area (Å²) in [5.41, 5.74) is 2.97. The van der Waals surface area contributed by atoms with Gasteiger partial charge in [0.25, 0.3) is 5.56 Å². The highest BCUT2D eigenvalue weighted by atomic mass is 16.2. The van der Waals surface area contributed by atoms with Gasteiger partial charge in [0.05, 0.1) is 11.9 Å². The molecule has 0 bridgehead atoms. The van der Waals surface area contributed by atoms with Gasteiger partial charge >= 0.3 is 6.03 Å². The molecule has 28 heavy (non-hydrogen) atoms. The Balaban J connectivity index is 1.86.